The zero-order chi connectivity index (χ0) is 13.4. The Balaban J connectivity index is 1.62. The molecule has 1 N–H and O–H groups in total. The lowest BCUT2D eigenvalue weighted by Crippen LogP contribution is -2.59. The monoisotopic (exact) mass is 274 g/mol. The fourth-order valence-corrected chi connectivity index (χ4v) is 7.57. The maximum absolute atomic E-state index is 14.6. The molecule has 0 spiro atoms. The highest BCUT2D eigenvalue weighted by atomic mass is 19.3. The van der Waals surface area contributed by atoms with E-state index in [1.165, 1.54) is 0 Å². The minimum absolute atomic E-state index is 0.191. The van der Waals surface area contributed by atoms with Crippen LogP contribution in [0.15, 0.2) is 30.3 Å². The molecule has 5 aliphatic carbocycles. The van der Waals surface area contributed by atoms with Gasteiger partial charge in [0, 0.05) is 23.7 Å². The standard InChI is InChI=1S/C17H16F2O/c18-17(19)13-9-6-8-10-11(9)15(17)14(10)16(20,12(8)13)7-4-2-1-3-5-7/h1-5,8-15,20H,6H2/t8-,9+,10-,11+,12+,13-,14-,15+,16-/m1/s1. The molecule has 0 aromatic heterocycles. The Morgan fingerprint density at radius 1 is 0.900 bits per heavy atom. The lowest BCUT2D eigenvalue weighted by molar-refractivity contribution is -0.238. The molecular weight excluding hydrogens is 258 g/mol. The van der Waals surface area contributed by atoms with Gasteiger partial charge in [0.25, 0.3) is 5.92 Å². The third-order valence-electron chi connectivity index (χ3n) is 7.64. The van der Waals surface area contributed by atoms with E-state index in [2.05, 4.69) is 0 Å². The Hall–Kier alpha value is -0.960. The third kappa shape index (κ3) is 0.739. The van der Waals surface area contributed by atoms with Crippen LogP contribution in [0.4, 0.5) is 8.78 Å². The Morgan fingerprint density at radius 2 is 1.55 bits per heavy atom. The molecule has 0 unspecified atom stereocenters. The molecule has 5 saturated carbocycles. The van der Waals surface area contributed by atoms with Crippen LogP contribution in [0.25, 0.3) is 0 Å². The van der Waals surface area contributed by atoms with Crippen molar-refractivity contribution in [1.29, 1.82) is 0 Å². The second kappa shape index (κ2) is 2.70. The highest BCUT2D eigenvalue weighted by Crippen LogP contribution is 2.89. The zero-order valence-electron chi connectivity index (χ0n) is 10.9. The van der Waals surface area contributed by atoms with Crippen LogP contribution < -0.4 is 0 Å². The largest absolute Gasteiger partial charge is 0.385 e. The Kier molecular flexibility index (Phi) is 1.45. The summed E-state index contributed by atoms with van der Waals surface area (Å²) in [5.41, 5.74) is -0.0935. The maximum atomic E-state index is 14.6. The summed E-state index contributed by atoms with van der Waals surface area (Å²) in [5.74, 6) is -2.85. The van der Waals surface area contributed by atoms with E-state index in [1.54, 1.807) is 0 Å². The molecule has 9 atom stereocenters. The van der Waals surface area contributed by atoms with E-state index >= 15 is 0 Å². The first kappa shape index (κ1) is 10.7. The van der Waals surface area contributed by atoms with E-state index in [9.17, 15) is 13.9 Å². The Labute approximate surface area is 116 Å². The molecule has 20 heavy (non-hydrogen) atoms. The molecular formula is C17H16F2O. The molecule has 1 aromatic rings. The van der Waals surface area contributed by atoms with E-state index < -0.39 is 23.4 Å². The van der Waals surface area contributed by atoms with Gasteiger partial charge in [0.2, 0.25) is 0 Å². The van der Waals surface area contributed by atoms with Crippen molar-refractivity contribution in [3.8, 4) is 0 Å². The van der Waals surface area contributed by atoms with Gasteiger partial charge in [-0.2, -0.15) is 0 Å². The summed E-state index contributed by atoms with van der Waals surface area (Å²) in [4.78, 5) is 0. The molecule has 5 aliphatic rings. The SMILES string of the molecule is O[C@@]1(c2ccccc2)[C@@H]2[C@@H]3[C@H]4C[C@H]5[C@@H]3[C@@H]2C(F)(F)[C@H]5[C@H]41. The van der Waals surface area contributed by atoms with Crippen molar-refractivity contribution in [3.63, 3.8) is 0 Å². The number of aliphatic hydroxyl groups is 1. The molecule has 1 nitrogen and oxygen atoms in total. The van der Waals surface area contributed by atoms with E-state index in [4.69, 9.17) is 0 Å². The first-order valence-corrected chi connectivity index (χ1v) is 7.73. The van der Waals surface area contributed by atoms with Crippen molar-refractivity contribution in [2.75, 3.05) is 0 Å². The first-order valence-electron chi connectivity index (χ1n) is 7.73. The van der Waals surface area contributed by atoms with Crippen LogP contribution in [0.1, 0.15) is 12.0 Å². The molecule has 2 bridgehead atoms. The zero-order valence-corrected chi connectivity index (χ0v) is 10.9. The summed E-state index contributed by atoms with van der Waals surface area (Å²) in [6.45, 7) is 0. The fraction of sp³-hybridized carbons (Fsp3) is 0.647. The number of hydrogen-bond acceptors (Lipinski definition) is 1. The number of benzene rings is 1. The van der Waals surface area contributed by atoms with Crippen LogP contribution in [0.2, 0.25) is 0 Å². The summed E-state index contributed by atoms with van der Waals surface area (Å²) in [6, 6.07) is 9.62. The summed E-state index contributed by atoms with van der Waals surface area (Å²) in [6.07, 6.45) is 0.947. The van der Waals surface area contributed by atoms with E-state index in [0.717, 1.165) is 12.0 Å². The minimum atomic E-state index is -2.52. The maximum Gasteiger partial charge on any atom is 0.255 e. The van der Waals surface area contributed by atoms with E-state index in [-0.39, 0.29) is 23.7 Å². The minimum Gasteiger partial charge on any atom is -0.385 e. The second-order valence-corrected chi connectivity index (χ2v) is 7.69. The lowest BCUT2D eigenvalue weighted by atomic mass is 9.54. The summed E-state index contributed by atoms with van der Waals surface area (Å²) in [5, 5.41) is 11.4. The van der Waals surface area contributed by atoms with Crippen LogP contribution in [0.3, 0.4) is 0 Å². The van der Waals surface area contributed by atoms with Crippen LogP contribution in [-0.4, -0.2) is 11.0 Å². The number of fused-ring (bicyclic) bond motifs is 2. The van der Waals surface area contributed by atoms with Crippen molar-refractivity contribution in [2.45, 2.75) is 17.9 Å². The van der Waals surface area contributed by atoms with Gasteiger partial charge in [-0.3, -0.25) is 0 Å². The third-order valence-corrected chi connectivity index (χ3v) is 7.64. The molecule has 1 aromatic carbocycles. The highest BCUT2D eigenvalue weighted by molar-refractivity contribution is 5.41. The highest BCUT2D eigenvalue weighted by Gasteiger charge is 2.92. The molecule has 3 heteroatoms. The van der Waals surface area contributed by atoms with Crippen LogP contribution in [0.5, 0.6) is 0 Å². The van der Waals surface area contributed by atoms with E-state index in [1.807, 2.05) is 30.3 Å². The lowest BCUT2D eigenvalue weighted by Gasteiger charge is -2.54. The van der Waals surface area contributed by atoms with Crippen LogP contribution in [0, 0.1) is 47.3 Å². The molecule has 6 rings (SSSR count). The Bertz CT molecular complexity index is 629. The number of alkyl halides is 2. The van der Waals surface area contributed by atoms with Crippen molar-refractivity contribution >= 4 is 0 Å². The average Bonchev–Trinajstić information content (AvgIpc) is 2.91. The molecule has 0 amide bonds. The quantitative estimate of drug-likeness (QED) is 0.835. The fourth-order valence-electron chi connectivity index (χ4n) is 7.57. The van der Waals surface area contributed by atoms with Gasteiger partial charge < -0.3 is 5.11 Å². The summed E-state index contributed by atoms with van der Waals surface area (Å²) in [7, 11) is 0. The molecule has 0 heterocycles. The predicted molar refractivity (Wildman–Crippen MR) is 67.8 cm³/mol. The van der Waals surface area contributed by atoms with Gasteiger partial charge in [0.1, 0.15) is 0 Å². The molecule has 0 aliphatic heterocycles. The number of halogens is 2. The van der Waals surface area contributed by atoms with Crippen molar-refractivity contribution < 1.29 is 13.9 Å². The van der Waals surface area contributed by atoms with Crippen molar-refractivity contribution in [2.24, 2.45) is 47.3 Å². The van der Waals surface area contributed by atoms with Gasteiger partial charge in [-0.1, -0.05) is 30.3 Å². The topological polar surface area (TPSA) is 20.2 Å². The van der Waals surface area contributed by atoms with Gasteiger partial charge in [-0.05, 0) is 35.7 Å². The average molecular weight is 274 g/mol. The summed E-state index contributed by atoms with van der Waals surface area (Å²) >= 11 is 0. The van der Waals surface area contributed by atoms with E-state index in [0.29, 0.717) is 11.8 Å². The molecule has 5 fully saturated rings. The van der Waals surface area contributed by atoms with Gasteiger partial charge in [-0.15, -0.1) is 0 Å². The van der Waals surface area contributed by atoms with Crippen molar-refractivity contribution in [1.82, 2.24) is 0 Å². The van der Waals surface area contributed by atoms with Gasteiger partial charge in [0.15, 0.2) is 0 Å². The molecule has 0 radical (unpaired) electrons. The molecule has 104 valence electrons. The second-order valence-electron chi connectivity index (χ2n) is 7.69. The Morgan fingerprint density at radius 3 is 2.30 bits per heavy atom. The normalized spacial score (nSPS) is 62.1. The number of hydrogen-bond donors (Lipinski definition) is 1. The van der Waals surface area contributed by atoms with Gasteiger partial charge in [-0.25, -0.2) is 8.78 Å². The smallest absolute Gasteiger partial charge is 0.255 e. The predicted octanol–water partition coefficient (Wildman–Crippen LogP) is 2.90. The van der Waals surface area contributed by atoms with Gasteiger partial charge in [0.05, 0.1) is 5.60 Å². The number of rotatable bonds is 1. The first-order chi connectivity index (χ1) is 9.58. The molecule has 0 saturated heterocycles. The van der Waals surface area contributed by atoms with Crippen LogP contribution in [-0.2, 0) is 5.60 Å². The van der Waals surface area contributed by atoms with Crippen LogP contribution >= 0.6 is 0 Å². The van der Waals surface area contributed by atoms with Gasteiger partial charge >= 0.3 is 0 Å². The van der Waals surface area contributed by atoms with Crippen molar-refractivity contribution in [3.05, 3.63) is 35.9 Å². The summed E-state index contributed by atoms with van der Waals surface area (Å²) < 4.78 is 29.3.